The zero-order valence-corrected chi connectivity index (χ0v) is 9.65. The number of hydrogen-bond acceptors (Lipinski definition) is 2. The molecule has 0 aliphatic carbocycles. The molecule has 2 N–H and O–H groups in total. The van der Waals surface area contributed by atoms with E-state index in [2.05, 4.69) is 4.98 Å². The number of carbonyl (C=O) groups is 1. The van der Waals surface area contributed by atoms with Crippen molar-refractivity contribution < 1.29 is 14.6 Å². The van der Waals surface area contributed by atoms with Crippen molar-refractivity contribution in [2.45, 2.75) is 6.92 Å². The Balaban J connectivity index is 2.60. The fourth-order valence-electron chi connectivity index (χ4n) is 1.79. The number of carboxylic acid groups (broad SMARTS) is 1. The van der Waals surface area contributed by atoms with Crippen LogP contribution < -0.4 is 4.74 Å². The number of aromatic carboxylic acids is 1. The molecule has 0 amide bonds. The number of nitrogens with one attached hydrogen (secondary N) is 1. The van der Waals surface area contributed by atoms with Crippen LogP contribution in [0, 0.1) is 6.92 Å². The van der Waals surface area contributed by atoms with E-state index in [0.29, 0.717) is 11.3 Å². The Labute approximate surface area is 98.9 Å². The summed E-state index contributed by atoms with van der Waals surface area (Å²) >= 11 is 0. The van der Waals surface area contributed by atoms with Crippen molar-refractivity contribution >= 4 is 5.97 Å². The fraction of sp³-hybridized carbons (Fsp3) is 0.154. The molecule has 0 saturated carbocycles. The SMILES string of the molecule is COc1cc(C)ccc1-c1cc[nH]c1C(=O)O. The number of benzene rings is 1. The van der Waals surface area contributed by atoms with Gasteiger partial charge in [-0.05, 0) is 24.6 Å². The van der Waals surface area contributed by atoms with Gasteiger partial charge in [-0.2, -0.15) is 0 Å². The molecule has 88 valence electrons. The molecule has 0 aliphatic heterocycles. The Morgan fingerprint density at radius 2 is 2.06 bits per heavy atom. The van der Waals surface area contributed by atoms with Crippen molar-refractivity contribution in [2.75, 3.05) is 7.11 Å². The normalized spacial score (nSPS) is 10.2. The van der Waals surface area contributed by atoms with Crippen LogP contribution in [-0.2, 0) is 0 Å². The molecular weight excluding hydrogens is 218 g/mol. The fourth-order valence-corrected chi connectivity index (χ4v) is 1.79. The quantitative estimate of drug-likeness (QED) is 0.853. The highest BCUT2D eigenvalue weighted by atomic mass is 16.5. The minimum absolute atomic E-state index is 0.173. The minimum Gasteiger partial charge on any atom is -0.496 e. The summed E-state index contributed by atoms with van der Waals surface area (Å²) in [5, 5.41) is 9.06. The van der Waals surface area contributed by atoms with E-state index >= 15 is 0 Å². The summed E-state index contributed by atoms with van der Waals surface area (Å²) in [5.41, 5.74) is 2.65. The molecule has 17 heavy (non-hydrogen) atoms. The third kappa shape index (κ3) is 2.01. The van der Waals surface area contributed by atoms with E-state index in [9.17, 15) is 4.79 Å². The third-order valence-electron chi connectivity index (χ3n) is 2.61. The van der Waals surface area contributed by atoms with E-state index in [4.69, 9.17) is 9.84 Å². The van der Waals surface area contributed by atoms with Crippen LogP contribution in [0.4, 0.5) is 0 Å². The first-order chi connectivity index (χ1) is 8.13. The molecule has 4 nitrogen and oxygen atoms in total. The van der Waals surface area contributed by atoms with Gasteiger partial charge in [-0.25, -0.2) is 4.79 Å². The maximum Gasteiger partial charge on any atom is 0.352 e. The number of hydrogen-bond donors (Lipinski definition) is 2. The van der Waals surface area contributed by atoms with Gasteiger partial charge < -0.3 is 14.8 Å². The zero-order valence-electron chi connectivity index (χ0n) is 9.65. The maximum absolute atomic E-state index is 11.1. The third-order valence-corrected chi connectivity index (χ3v) is 2.61. The summed E-state index contributed by atoms with van der Waals surface area (Å²) in [6, 6.07) is 7.41. The van der Waals surface area contributed by atoms with Crippen molar-refractivity contribution in [3.05, 3.63) is 41.7 Å². The molecule has 0 bridgehead atoms. The first kappa shape index (κ1) is 11.3. The van der Waals surface area contributed by atoms with Crippen LogP contribution in [-0.4, -0.2) is 23.2 Å². The second kappa shape index (κ2) is 4.33. The topological polar surface area (TPSA) is 62.3 Å². The predicted molar refractivity (Wildman–Crippen MR) is 64.5 cm³/mol. The summed E-state index contributed by atoms with van der Waals surface area (Å²) in [4.78, 5) is 13.8. The summed E-state index contributed by atoms with van der Waals surface area (Å²) in [5.74, 6) is -0.306. The molecule has 1 aromatic carbocycles. The lowest BCUT2D eigenvalue weighted by atomic mass is 10.0. The van der Waals surface area contributed by atoms with E-state index < -0.39 is 5.97 Å². The Morgan fingerprint density at radius 1 is 1.29 bits per heavy atom. The van der Waals surface area contributed by atoms with E-state index in [1.807, 2.05) is 25.1 Å². The molecule has 1 heterocycles. The van der Waals surface area contributed by atoms with Crippen LogP contribution in [0.1, 0.15) is 16.1 Å². The Kier molecular flexibility index (Phi) is 2.87. The molecule has 0 saturated heterocycles. The molecule has 4 heteroatoms. The Bertz CT molecular complexity index is 558. The average molecular weight is 231 g/mol. The molecule has 2 aromatic rings. The van der Waals surface area contributed by atoms with Gasteiger partial charge >= 0.3 is 5.97 Å². The summed E-state index contributed by atoms with van der Waals surface area (Å²) in [6.07, 6.45) is 1.61. The predicted octanol–water partition coefficient (Wildman–Crippen LogP) is 2.70. The molecule has 0 unspecified atom stereocenters. The average Bonchev–Trinajstić information content (AvgIpc) is 2.77. The highest BCUT2D eigenvalue weighted by Crippen LogP contribution is 2.32. The van der Waals surface area contributed by atoms with Gasteiger partial charge in [0.05, 0.1) is 7.11 Å². The van der Waals surface area contributed by atoms with Gasteiger partial charge in [0, 0.05) is 17.3 Å². The number of methoxy groups -OCH3 is 1. The van der Waals surface area contributed by atoms with Crippen molar-refractivity contribution in [2.24, 2.45) is 0 Å². The molecule has 0 atom stereocenters. The van der Waals surface area contributed by atoms with Crippen molar-refractivity contribution in [3.8, 4) is 16.9 Å². The van der Waals surface area contributed by atoms with E-state index in [1.165, 1.54) is 0 Å². The first-order valence-corrected chi connectivity index (χ1v) is 5.19. The van der Waals surface area contributed by atoms with Crippen LogP contribution in [0.15, 0.2) is 30.5 Å². The van der Waals surface area contributed by atoms with Crippen LogP contribution >= 0.6 is 0 Å². The summed E-state index contributed by atoms with van der Waals surface area (Å²) in [7, 11) is 1.57. The monoisotopic (exact) mass is 231 g/mol. The number of H-pyrrole nitrogens is 1. The first-order valence-electron chi connectivity index (χ1n) is 5.19. The Morgan fingerprint density at radius 3 is 2.71 bits per heavy atom. The van der Waals surface area contributed by atoms with Crippen molar-refractivity contribution in [1.29, 1.82) is 0 Å². The number of ether oxygens (including phenoxy) is 1. The second-order valence-electron chi connectivity index (χ2n) is 3.78. The lowest BCUT2D eigenvalue weighted by molar-refractivity contribution is 0.0692. The molecule has 0 spiro atoms. The van der Waals surface area contributed by atoms with Gasteiger partial charge in [0.15, 0.2) is 0 Å². The van der Waals surface area contributed by atoms with Gasteiger partial charge in [0.25, 0.3) is 0 Å². The van der Waals surface area contributed by atoms with Crippen molar-refractivity contribution in [1.82, 2.24) is 4.98 Å². The molecule has 1 aromatic heterocycles. The lowest BCUT2D eigenvalue weighted by Gasteiger charge is -2.09. The molecule has 2 rings (SSSR count). The largest absolute Gasteiger partial charge is 0.496 e. The van der Waals surface area contributed by atoms with Crippen molar-refractivity contribution in [3.63, 3.8) is 0 Å². The van der Waals surface area contributed by atoms with E-state index in [-0.39, 0.29) is 5.69 Å². The molecule has 0 fully saturated rings. The summed E-state index contributed by atoms with van der Waals surface area (Å²) in [6.45, 7) is 1.96. The second-order valence-corrected chi connectivity index (χ2v) is 3.78. The summed E-state index contributed by atoms with van der Waals surface area (Å²) < 4.78 is 5.28. The van der Waals surface area contributed by atoms with Gasteiger partial charge in [-0.3, -0.25) is 0 Å². The highest BCUT2D eigenvalue weighted by Gasteiger charge is 2.15. The Hall–Kier alpha value is -2.23. The number of aryl methyl sites for hydroxylation is 1. The van der Waals surface area contributed by atoms with E-state index in [1.54, 1.807) is 19.4 Å². The number of aromatic amines is 1. The van der Waals surface area contributed by atoms with Gasteiger partial charge in [0.2, 0.25) is 0 Å². The number of rotatable bonds is 3. The smallest absolute Gasteiger partial charge is 0.352 e. The van der Waals surface area contributed by atoms with Crippen LogP contribution in [0.2, 0.25) is 0 Å². The maximum atomic E-state index is 11.1. The van der Waals surface area contributed by atoms with Crippen LogP contribution in [0.5, 0.6) is 5.75 Å². The highest BCUT2D eigenvalue weighted by molar-refractivity contribution is 5.95. The molecule has 0 radical (unpaired) electrons. The van der Waals surface area contributed by atoms with Gasteiger partial charge in [0.1, 0.15) is 11.4 Å². The lowest BCUT2D eigenvalue weighted by Crippen LogP contribution is -1.99. The molecular formula is C13H13NO3. The van der Waals surface area contributed by atoms with E-state index in [0.717, 1.165) is 11.1 Å². The minimum atomic E-state index is -0.979. The standard InChI is InChI=1S/C13H13NO3/c1-8-3-4-9(11(7-8)17-2)10-5-6-14-12(10)13(15)16/h3-7,14H,1-2H3,(H,15,16). The van der Waals surface area contributed by atoms with Gasteiger partial charge in [-0.1, -0.05) is 12.1 Å². The number of carboxylic acids is 1. The van der Waals surface area contributed by atoms with Crippen LogP contribution in [0.25, 0.3) is 11.1 Å². The van der Waals surface area contributed by atoms with Crippen LogP contribution in [0.3, 0.4) is 0 Å². The number of aromatic nitrogens is 1. The molecule has 0 aliphatic rings. The van der Waals surface area contributed by atoms with Gasteiger partial charge in [-0.15, -0.1) is 0 Å². The zero-order chi connectivity index (χ0) is 12.4.